The molecule has 3 N–H and O–H groups in total. The second-order valence-electron chi connectivity index (χ2n) is 8.19. The molecule has 3 rings (SSSR count). The van der Waals surface area contributed by atoms with Crippen LogP contribution in [0.25, 0.3) is 0 Å². The summed E-state index contributed by atoms with van der Waals surface area (Å²) in [5.41, 5.74) is 0.00543. The van der Waals surface area contributed by atoms with Gasteiger partial charge >= 0.3 is 5.97 Å². The third-order valence-electron chi connectivity index (χ3n) is 6.06. The van der Waals surface area contributed by atoms with Crippen LogP contribution in [0.1, 0.15) is 41.0 Å². The zero-order valence-electron chi connectivity index (χ0n) is 24.7. The van der Waals surface area contributed by atoms with Crippen molar-refractivity contribution in [3.05, 3.63) is 65.6 Å². The van der Waals surface area contributed by atoms with Gasteiger partial charge in [0.2, 0.25) is 5.91 Å². The van der Waals surface area contributed by atoms with Crippen LogP contribution in [0.5, 0.6) is 5.75 Å². The Morgan fingerprint density at radius 2 is 2.10 bits per heavy atom. The quantitative estimate of drug-likeness (QED) is 0.598. The van der Waals surface area contributed by atoms with Crippen LogP contribution in [0.3, 0.4) is 0 Å². The molecule has 166 valence electrons. The third-order valence-corrected chi connectivity index (χ3v) is 6.06. The molecule has 1 saturated heterocycles. The third kappa shape index (κ3) is 5.85. The second kappa shape index (κ2) is 9.96. The summed E-state index contributed by atoms with van der Waals surface area (Å²) in [5, 5.41) is 21.2. The van der Waals surface area contributed by atoms with Crippen molar-refractivity contribution in [3.8, 4) is 5.75 Å². The molecule has 2 aromatic rings. The standard InChI is InChI=1S/C25H32N2O4/c1-18-16-27(12-11-25(18,2)21-9-6-10-22(28)14-21)17-20(24(31)26-15-23(29)30)13-19-7-4-3-5-8-19/h3-10,14,18,20,28H,11-13,15-17H2,1-2H3,(H,26,31)(H,29,30)/t18-,20-,25+/m0/s1/i3D,4D,5D,7D,8D,13D2. The number of piperidine rings is 1. The number of aromatic hydroxyl groups is 1. The Morgan fingerprint density at radius 3 is 2.74 bits per heavy atom. The lowest BCUT2D eigenvalue weighted by atomic mass is 9.68. The Bertz CT molecular complexity index is 1210. The summed E-state index contributed by atoms with van der Waals surface area (Å²) in [6.45, 7) is 4.08. The van der Waals surface area contributed by atoms with Crippen LogP contribution in [0.4, 0.5) is 0 Å². The number of carboxylic acids is 1. The number of nitrogens with zero attached hydrogens (tertiary/aromatic N) is 1. The summed E-state index contributed by atoms with van der Waals surface area (Å²) >= 11 is 0. The Labute approximate surface area is 193 Å². The highest BCUT2D eigenvalue weighted by Gasteiger charge is 2.39. The Kier molecular flexibility index (Phi) is 4.83. The van der Waals surface area contributed by atoms with Crippen LogP contribution in [-0.4, -0.2) is 53.2 Å². The molecule has 0 bridgehead atoms. The van der Waals surface area contributed by atoms with Crippen molar-refractivity contribution in [2.75, 3.05) is 26.2 Å². The van der Waals surface area contributed by atoms with E-state index in [1.807, 2.05) is 17.9 Å². The van der Waals surface area contributed by atoms with Crippen molar-refractivity contribution in [2.45, 2.75) is 32.1 Å². The fourth-order valence-corrected chi connectivity index (χ4v) is 4.01. The number of hydrogen-bond acceptors (Lipinski definition) is 4. The minimum atomic E-state index is -2.72. The van der Waals surface area contributed by atoms with Crippen molar-refractivity contribution in [3.63, 3.8) is 0 Å². The average molecular weight is 432 g/mol. The molecular weight excluding hydrogens is 392 g/mol. The van der Waals surface area contributed by atoms with Gasteiger partial charge < -0.3 is 20.4 Å². The lowest BCUT2D eigenvalue weighted by Crippen LogP contribution is -2.50. The first-order valence-electron chi connectivity index (χ1n) is 13.7. The number of benzene rings is 2. The number of aliphatic carboxylic acids is 1. The Morgan fingerprint density at radius 1 is 1.35 bits per heavy atom. The van der Waals surface area contributed by atoms with E-state index < -0.39 is 66.5 Å². The topological polar surface area (TPSA) is 89.9 Å². The molecule has 1 heterocycles. The summed E-state index contributed by atoms with van der Waals surface area (Å²) in [7, 11) is 0. The van der Waals surface area contributed by atoms with Gasteiger partial charge in [-0.05, 0) is 53.9 Å². The van der Waals surface area contributed by atoms with E-state index in [9.17, 15) is 14.7 Å². The molecular formula is C25H32N2O4. The van der Waals surface area contributed by atoms with E-state index in [1.54, 1.807) is 18.2 Å². The number of phenolic OH excluding ortho intramolecular Hbond substituents is 1. The smallest absolute Gasteiger partial charge is 0.322 e. The maximum Gasteiger partial charge on any atom is 0.322 e. The lowest BCUT2D eigenvalue weighted by Gasteiger charge is -2.45. The molecule has 31 heavy (non-hydrogen) atoms. The highest BCUT2D eigenvalue weighted by Crippen LogP contribution is 2.40. The van der Waals surface area contributed by atoms with E-state index in [4.69, 9.17) is 14.7 Å². The van der Waals surface area contributed by atoms with Gasteiger partial charge in [0.25, 0.3) is 0 Å². The van der Waals surface area contributed by atoms with E-state index in [0.717, 1.165) is 5.56 Å². The molecule has 1 fully saturated rings. The number of carbonyl (C=O) groups excluding carboxylic acids is 1. The summed E-state index contributed by atoms with van der Waals surface area (Å²) in [4.78, 5) is 26.1. The number of carbonyl (C=O) groups is 2. The van der Waals surface area contributed by atoms with E-state index in [0.29, 0.717) is 19.5 Å². The summed E-state index contributed by atoms with van der Waals surface area (Å²) < 4.78 is 57.8. The van der Waals surface area contributed by atoms with Crippen LogP contribution >= 0.6 is 0 Å². The zero-order valence-corrected chi connectivity index (χ0v) is 17.7. The first-order chi connectivity index (χ1) is 17.6. The molecule has 1 aliphatic rings. The van der Waals surface area contributed by atoms with Gasteiger partial charge in [-0.3, -0.25) is 9.59 Å². The van der Waals surface area contributed by atoms with Gasteiger partial charge in [-0.25, -0.2) is 0 Å². The molecule has 0 spiro atoms. The van der Waals surface area contributed by atoms with Crippen molar-refractivity contribution < 1.29 is 29.4 Å². The molecule has 0 aromatic heterocycles. The van der Waals surface area contributed by atoms with Crippen LogP contribution in [0, 0.1) is 11.8 Å². The normalized spacial score (nSPS) is 26.3. The number of carboxylic acid groups (broad SMARTS) is 1. The number of phenols is 1. The van der Waals surface area contributed by atoms with Crippen LogP contribution in [0.2, 0.25) is 0 Å². The maximum atomic E-state index is 13.1. The highest BCUT2D eigenvalue weighted by atomic mass is 16.4. The molecule has 0 aliphatic carbocycles. The average Bonchev–Trinajstić information content (AvgIpc) is 2.85. The largest absolute Gasteiger partial charge is 0.508 e. The summed E-state index contributed by atoms with van der Waals surface area (Å²) in [6.07, 6.45) is -2.09. The molecule has 0 unspecified atom stereocenters. The molecule has 0 radical (unpaired) electrons. The van der Waals surface area contributed by atoms with Gasteiger partial charge in [-0.2, -0.15) is 0 Å². The predicted molar refractivity (Wildman–Crippen MR) is 120 cm³/mol. The number of likely N-dealkylation sites (tertiary alicyclic amines) is 1. The number of amides is 1. The van der Waals surface area contributed by atoms with Gasteiger partial charge in [0, 0.05) is 15.8 Å². The first-order valence-corrected chi connectivity index (χ1v) is 10.2. The summed E-state index contributed by atoms with van der Waals surface area (Å²) in [6, 6.07) is 3.39. The van der Waals surface area contributed by atoms with E-state index in [-0.39, 0.29) is 23.6 Å². The van der Waals surface area contributed by atoms with Gasteiger partial charge in [0.1, 0.15) is 12.3 Å². The number of nitrogens with one attached hydrogen (secondary N) is 1. The van der Waals surface area contributed by atoms with Crippen LogP contribution in [-0.2, 0) is 21.4 Å². The summed E-state index contributed by atoms with van der Waals surface area (Å²) in [5.74, 6) is -3.65. The minimum absolute atomic E-state index is 0.0207. The van der Waals surface area contributed by atoms with Gasteiger partial charge in [-0.1, -0.05) is 56.2 Å². The molecule has 6 nitrogen and oxygen atoms in total. The maximum absolute atomic E-state index is 13.1. The van der Waals surface area contributed by atoms with Gasteiger partial charge in [0.05, 0.1) is 12.8 Å². The van der Waals surface area contributed by atoms with Crippen molar-refractivity contribution >= 4 is 11.9 Å². The lowest BCUT2D eigenvalue weighted by molar-refractivity contribution is -0.138. The highest BCUT2D eigenvalue weighted by molar-refractivity contribution is 5.83. The molecule has 2 aromatic carbocycles. The van der Waals surface area contributed by atoms with Gasteiger partial charge in [-0.15, -0.1) is 0 Å². The van der Waals surface area contributed by atoms with E-state index in [1.165, 1.54) is 0 Å². The second-order valence-corrected chi connectivity index (χ2v) is 8.19. The van der Waals surface area contributed by atoms with Crippen LogP contribution < -0.4 is 5.32 Å². The fraction of sp³-hybridized carbons (Fsp3) is 0.440. The van der Waals surface area contributed by atoms with Crippen molar-refractivity contribution in [1.29, 1.82) is 0 Å². The van der Waals surface area contributed by atoms with Crippen molar-refractivity contribution in [2.24, 2.45) is 11.8 Å². The minimum Gasteiger partial charge on any atom is -0.508 e. The van der Waals surface area contributed by atoms with E-state index >= 15 is 0 Å². The molecule has 6 heteroatoms. The van der Waals surface area contributed by atoms with Gasteiger partial charge in [0.15, 0.2) is 0 Å². The van der Waals surface area contributed by atoms with Crippen LogP contribution in [0.15, 0.2) is 54.5 Å². The number of hydrogen-bond donors (Lipinski definition) is 3. The Balaban J connectivity index is 1.96. The van der Waals surface area contributed by atoms with Crippen molar-refractivity contribution in [1.82, 2.24) is 10.2 Å². The monoisotopic (exact) mass is 431 g/mol. The first kappa shape index (κ1) is 15.0. The zero-order chi connectivity index (χ0) is 28.6. The SMILES string of the molecule is [2H]c1c([2H])c([2H])c(C([2H])([2H])[C@@H](CN2CC[C@@](C)(c3cccc(O)c3)[C@@H](C)C2)C(=O)NCC(=O)O)c([2H])c1[2H]. The molecule has 1 aliphatic heterocycles. The molecule has 1 amide bonds. The fourth-order valence-electron chi connectivity index (χ4n) is 4.01. The molecule has 0 saturated carbocycles. The Hall–Kier alpha value is -2.86. The number of rotatable bonds is 8. The molecule has 3 atom stereocenters. The van der Waals surface area contributed by atoms with E-state index in [2.05, 4.69) is 12.2 Å². The predicted octanol–water partition coefficient (Wildman–Crippen LogP) is 3.05.